The highest BCUT2D eigenvalue weighted by atomic mass is 16.5. The minimum absolute atomic E-state index is 0.229. The molecular weight excluding hydrogens is 250 g/mol. The number of carbonyl (C=O) groups excluding carboxylic acids is 1. The zero-order valence-corrected chi connectivity index (χ0v) is 11.2. The minimum Gasteiger partial charge on any atom is -0.367 e. The Morgan fingerprint density at radius 2 is 1.95 bits per heavy atom. The number of amides is 1. The summed E-state index contributed by atoms with van der Waals surface area (Å²) in [6, 6.07) is 16.5. The van der Waals surface area contributed by atoms with Crippen molar-refractivity contribution < 1.29 is 9.53 Å². The van der Waals surface area contributed by atoms with Crippen molar-refractivity contribution in [1.29, 1.82) is 0 Å². The van der Waals surface area contributed by atoms with Crippen molar-refractivity contribution >= 4 is 11.6 Å². The maximum absolute atomic E-state index is 12.3. The fourth-order valence-electron chi connectivity index (χ4n) is 1.92. The molecule has 3 heteroatoms. The van der Waals surface area contributed by atoms with Gasteiger partial charge in [-0.25, -0.2) is 0 Å². The third-order valence-corrected chi connectivity index (χ3v) is 2.87. The minimum atomic E-state index is -0.648. The highest BCUT2D eigenvalue weighted by Crippen LogP contribution is 2.19. The Morgan fingerprint density at radius 3 is 2.60 bits per heavy atom. The molecule has 0 aliphatic carbocycles. The lowest BCUT2D eigenvalue weighted by Crippen LogP contribution is -2.22. The molecule has 20 heavy (non-hydrogen) atoms. The van der Waals surface area contributed by atoms with Crippen LogP contribution in [-0.2, 0) is 9.53 Å². The monoisotopic (exact) mass is 265 g/mol. The Kier molecular flexibility index (Phi) is 4.54. The summed E-state index contributed by atoms with van der Waals surface area (Å²) >= 11 is 0. The number of ether oxygens (including phenoxy) is 1. The van der Waals surface area contributed by atoms with Gasteiger partial charge in [-0.15, -0.1) is 6.42 Å². The molecule has 3 nitrogen and oxygen atoms in total. The topological polar surface area (TPSA) is 38.3 Å². The van der Waals surface area contributed by atoms with E-state index >= 15 is 0 Å². The summed E-state index contributed by atoms with van der Waals surface area (Å²) < 4.78 is 5.27. The zero-order valence-electron chi connectivity index (χ0n) is 11.2. The summed E-state index contributed by atoms with van der Waals surface area (Å²) in [7, 11) is 1.51. The Bertz CT molecular complexity index is 629. The molecule has 0 fully saturated rings. The van der Waals surface area contributed by atoms with Gasteiger partial charge < -0.3 is 10.1 Å². The molecule has 0 radical (unpaired) electrons. The molecule has 0 aliphatic heterocycles. The zero-order chi connectivity index (χ0) is 14.4. The summed E-state index contributed by atoms with van der Waals surface area (Å²) in [6.45, 7) is 0. The fourth-order valence-corrected chi connectivity index (χ4v) is 1.92. The fraction of sp³-hybridized carbons (Fsp3) is 0.118. The van der Waals surface area contributed by atoms with E-state index in [1.54, 1.807) is 24.3 Å². The lowest BCUT2D eigenvalue weighted by molar-refractivity contribution is -0.126. The third kappa shape index (κ3) is 3.25. The first-order valence-electron chi connectivity index (χ1n) is 6.20. The van der Waals surface area contributed by atoms with Crippen LogP contribution in [0.4, 0.5) is 5.69 Å². The summed E-state index contributed by atoms with van der Waals surface area (Å²) in [4.78, 5) is 12.3. The summed E-state index contributed by atoms with van der Waals surface area (Å²) in [5.41, 5.74) is 2.18. The van der Waals surface area contributed by atoms with Crippen molar-refractivity contribution in [3.8, 4) is 12.3 Å². The Hall–Kier alpha value is -2.57. The molecule has 2 aromatic carbocycles. The second kappa shape index (κ2) is 6.55. The normalized spacial score (nSPS) is 11.4. The van der Waals surface area contributed by atoms with E-state index in [0.717, 1.165) is 11.1 Å². The van der Waals surface area contributed by atoms with E-state index in [2.05, 4.69) is 11.2 Å². The number of benzene rings is 2. The largest absolute Gasteiger partial charge is 0.367 e. The van der Waals surface area contributed by atoms with Crippen LogP contribution in [0.1, 0.15) is 17.2 Å². The quantitative estimate of drug-likeness (QED) is 0.863. The Labute approximate surface area is 118 Å². The van der Waals surface area contributed by atoms with Gasteiger partial charge in [-0.2, -0.15) is 0 Å². The molecule has 0 spiro atoms. The maximum Gasteiger partial charge on any atom is 0.258 e. The molecule has 2 aromatic rings. The summed E-state index contributed by atoms with van der Waals surface area (Å²) in [5.74, 6) is 2.30. The van der Waals surface area contributed by atoms with Gasteiger partial charge >= 0.3 is 0 Å². The van der Waals surface area contributed by atoms with Gasteiger partial charge in [-0.3, -0.25) is 4.79 Å². The predicted molar refractivity (Wildman–Crippen MR) is 79.2 cm³/mol. The molecule has 0 saturated carbocycles. The molecule has 0 bridgehead atoms. The molecule has 1 unspecified atom stereocenters. The van der Waals surface area contributed by atoms with E-state index in [1.165, 1.54) is 7.11 Å². The standard InChI is InChI=1S/C17H15NO2/c1-3-13-8-7-11-15(12-13)18-17(19)16(20-2)14-9-5-4-6-10-14/h1,4-12,16H,2H3,(H,18,19). The summed E-state index contributed by atoms with van der Waals surface area (Å²) in [5, 5.41) is 2.81. The molecule has 1 atom stereocenters. The molecular formula is C17H15NO2. The van der Waals surface area contributed by atoms with E-state index in [1.807, 2.05) is 30.3 Å². The Morgan fingerprint density at radius 1 is 1.20 bits per heavy atom. The second-order valence-corrected chi connectivity index (χ2v) is 4.24. The van der Waals surface area contributed by atoms with Crippen molar-refractivity contribution in [1.82, 2.24) is 0 Å². The van der Waals surface area contributed by atoms with Crippen LogP contribution in [0.5, 0.6) is 0 Å². The van der Waals surface area contributed by atoms with Crippen LogP contribution in [0.3, 0.4) is 0 Å². The van der Waals surface area contributed by atoms with Gasteiger partial charge in [0, 0.05) is 18.4 Å². The van der Waals surface area contributed by atoms with Crippen molar-refractivity contribution in [2.24, 2.45) is 0 Å². The van der Waals surface area contributed by atoms with Gasteiger partial charge in [0.2, 0.25) is 0 Å². The molecule has 0 aromatic heterocycles. The Balaban J connectivity index is 2.16. The number of terminal acetylenes is 1. The lowest BCUT2D eigenvalue weighted by Gasteiger charge is -2.15. The molecule has 0 saturated heterocycles. The molecule has 0 aliphatic rings. The highest BCUT2D eigenvalue weighted by Gasteiger charge is 2.19. The third-order valence-electron chi connectivity index (χ3n) is 2.87. The SMILES string of the molecule is C#Cc1cccc(NC(=O)C(OC)c2ccccc2)c1. The average molecular weight is 265 g/mol. The average Bonchev–Trinajstić information content (AvgIpc) is 2.49. The number of nitrogens with one attached hydrogen (secondary N) is 1. The van der Waals surface area contributed by atoms with Crippen LogP contribution in [0.15, 0.2) is 54.6 Å². The number of rotatable bonds is 4. The smallest absolute Gasteiger partial charge is 0.258 e. The van der Waals surface area contributed by atoms with Crippen molar-refractivity contribution in [3.63, 3.8) is 0 Å². The maximum atomic E-state index is 12.3. The van der Waals surface area contributed by atoms with Gasteiger partial charge in [0.25, 0.3) is 5.91 Å². The predicted octanol–water partition coefficient (Wildman–Crippen LogP) is 2.99. The summed E-state index contributed by atoms with van der Waals surface area (Å²) in [6.07, 6.45) is 4.69. The first-order chi connectivity index (χ1) is 9.74. The van der Waals surface area contributed by atoms with Crippen molar-refractivity contribution in [3.05, 3.63) is 65.7 Å². The number of hydrogen-bond acceptors (Lipinski definition) is 2. The molecule has 1 N–H and O–H groups in total. The number of anilines is 1. The van der Waals surface area contributed by atoms with Gasteiger partial charge in [0.05, 0.1) is 0 Å². The molecule has 0 heterocycles. The van der Waals surface area contributed by atoms with Crippen LogP contribution in [0.25, 0.3) is 0 Å². The number of methoxy groups -OCH3 is 1. The van der Waals surface area contributed by atoms with Gasteiger partial charge in [0.15, 0.2) is 6.10 Å². The van der Waals surface area contributed by atoms with Crippen LogP contribution >= 0.6 is 0 Å². The lowest BCUT2D eigenvalue weighted by atomic mass is 10.1. The van der Waals surface area contributed by atoms with E-state index < -0.39 is 6.10 Å². The van der Waals surface area contributed by atoms with Crippen LogP contribution in [0.2, 0.25) is 0 Å². The van der Waals surface area contributed by atoms with Crippen molar-refractivity contribution in [2.45, 2.75) is 6.10 Å². The first kappa shape index (κ1) is 13.9. The van der Waals surface area contributed by atoms with Crippen LogP contribution in [-0.4, -0.2) is 13.0 Å². The van der Waals surface area contributed by atoms with Gasteiger partial charge in [0.1, 0.15) is 0 Å². The molecule has 100 valence electrons. The first-order valence-corrected chi connectivity index (χ1v) is 6.20. The van der Waals surface area contributed by atoms with E-state index in [4.69, 9.17) is 11.2 Å². The van der Waals surface area contributed by atoms with E-state index in [0.29, 0.717) is 5.69 Å². The van der Waals surface area contributed by atoms with Crippen LogP contribution in [0, 0.1) is 12.3 Å². The second-order valence-electron chi connectivity index (χ2n) is 4.24. The van der Waals surface area contributed by atoms with Gasteiger partial charge in [-0.05, 0) is 23.8 Å². The van der Waals surface area contributed by atoms with E-state index in [9.17, 15) is 4.79 Å². The van der Waals surface area contributed by atoms with E-state index in [-0.39, 0.29) is 5.91 Å². The number of carbonyl (C=O) groups is 1. The highest BCUT2D eigenvalue weighted by molar-refractivity contribution is 5.95. The molecule has 1 amide bonds. The van der Waals surface area contributed by atoms with Gasteiger partial charge in [-0.1, -0.05) is 42.3 Å². The molecule has 2 rings (SSSR count). The van der Waals surface area contributed by atoms with Crippen molar-refractivity contribution in [2.75, 3.05) is 12.4 Å². The number of hydrogen-bond donors (Lipinski definition) is 1. The van der Waals surface area contributed by atoms with Crippen LogP contribution < -0.4 is 5.32 Å².